The molecule has 0 atom stereocenters. The molecular weight excluding hydrogens is 208 g/mol. The van der Waals surface area contributed by atoms with Crippen LogP contribution >= 0.6 is 0 Å². The van der Waals surface area contributed by atoms with Crippen molar-refractivity contribution < 1.29 is 14.3 Å². The Morgan fingerprint density at radius 3 is 2.44 bits per heavy atom. The fraction of sp³-hybridized carbons (Fsp3) is 0.818. The second-order valence-corrected chi connectivity index (χ2v) is 4.80. The second-order valence-electron chi connectivity index (χ2n) is 4.80. The molecule has 0 bridgehead atoms. The number of carbonyl (C=O) groups is 2. The maximum absolute atomic E-state index is 11.7. The minimum atomic E-state index is -0.970. The van der Waals surface area contributed by atoms with Crippen LogP contribution in [0.4, 0.5) is 0 Å². The number of hydrogen-bond donors (Lipinski definition) is 2. The Bertz CT molecular complexity index is 270. The molecule has 0 aliphatic carbocycles. The fourth-order valence-corrected chi connectivity index (χ4v) is 1.67. The topological polar surface area (TPSA) is 81.4 Å². The van der Waals surface area contributed by atoms with Crippen LogP contribution < -0.4 is 11.1 Å². The quantitative estimate of drug-likeness (QED) is 0.720. The average molecular weight is 228 g/mol. The fourth-order valence-electron chi connectivity index (χ4n) is 1.67. The normalized spacial score (nSPS) is 18.1. The summed E-state index contributed by atoms with van der Waals surface area (Å²) < 4.78 is 5.21. The third kappa shape index (κ3) is 3.81. The van der Waals surface area contributed by atoms with Gasteiger partial charge in [-0.15, -0.1) is 0 Å². The number of hydrogen-bond acceptors (Lipinski definition) is 3. The zero-order valence-electron chi connectivity index (χ0n) is 9.91. The lowest BCUT2D eigenvalue weighted by Gasteiger charge is -2.25. The Balaban J connectivity index is 2.37. The van der Waals surface area contributed by atoms with Crippen LogP contribution in [0.25, 0.3) is 0 Å². The van der Waals surface area contributed by atoms with E-state index in [9.17, 15) is 9.59 Å². The summed E-state index contributed by atoms with van der Waals surface area (Å²) in [7, 11) is 0. The number of primary amides is 1. The molecule has 16 heavy (non-hydrogen) atoms. The van der Waals surface area contributed by atoms with Gasteiger partial charge in [0.15, 0.2) is 0 Å². The van der Waals surface area contributed by atoms with Crippen molar-refractivity contribution >= 4 is 11.8 Å². The molecule has 1 rings (SSSR count). The molecule has 1 aliphatic rings. The standard InChI is InChI=1S/C11H20N2O3/c1-11(2,10(12)15)13-9(14)7-8-3-5-16-6-4-8/h8H,3-7H2,1-2H3,(H2,12,15)(H,13,14). The first-order valence-electron chi connectivity index (χ1n) is 5.60. The molecule has 0 aromatic heterocycles. The minimum absolute atomic E-state index is 0.115. The van der Waals surface area contributed by atoms with E-state index < -0.39 is 11.4 Å². The first-order chi connectivity index (χ1) is 7.42. The van der Waals surface area contributed by atoms with Crippen molar-refractivity contribution in [1.29, 1.82) is 0 Å². The van der Waals surface area contributed by atoms with Gasteiger partial charge in [0.05, 0.1) is 0 Å². The molecule has 0 aromatic carbocycles. The molecule has 92 valence electrons. The van der Waals surface area contributed by atoms with Gasteiger partial charge in [0.1, 0.15) is 5.54 Å². The van der Waals surface area contributed by atoms with Crippen LogP contribution in [0.1, 0.15) is 33.1 Å². The SMILES string of the molecule is CC(C)(NC(=O)CC1CCOCC1)C(N)=O. The molecule has 5 heteroatoms. The molecule has 0 unspecified atom stereocenters. The minimum Gasteiger partial charge on any atom is -0.381 e. The summed E-state index contributed by atoms with van der Waals surface area (Å²) in [4.78, 5) is 22.7. The molecule has 0 radical (unpaired) electrons. The zero-order chi connectivity index (χ0) is 12.2. The molecule has 1 heterocycles. The van der Waals surface area contributed by atoms with Gasteiger partial charge in [0.25, 0.3) is 0 Å². The van der Waals surface area contributed by atoms with Crippen LogP contribution in [0.3, 0.4) is 0 Å². The highest BCUT2D eigenvalue weighted by molar-refractivity contribution is 5.89. The average Bonchev–Trinajstić information content (AvgIpc) is 2.17. The predicted octanol–water partition coefficient (Wildman–Crippen LogP) is 0.183. The van der Waals surface area contributed by atoms with Crippen molar-refractivity contribution in [3.05, 3.63) is 0 Å². The van der Waals surface area contributed by atoms with Crippen LogP contribution in [0.5, 0.6) is 0 Å². The monoisotopic (exact) mass is 228 g/mol. The molecule has 5 nitrogen and oxygen atoms in total. The largest absolute Gasteiger partial charge is 0.381 e. The van der Waals surface area contributed by atoms with Crippen molar-refractivity contribution in [2.24, 2.45) is 11.7 Å². The van der Waals surface area contributed by atoms with Crippen LogP contribution in [0, 0.1) is 5.92 Å². The number of nitrogens with two attached hydrogens (primary N) is 1. The second kappa shape index (κ2) is 5.30. The highest BCUT2D eigenvalue weighted by Gasteiger charge is 2.28. The molecule has 0 aromatic rings. The van der Waals surface area contributed by atoms with E-state index in [-0.39, 0.29) is 5.91 Å². The van der Waals surface area contributed by atoms with Crippen molar-refractivity contribution in [3.8, 4) is 0 Å². The Kier molecular flexibility index (Phi) is 4.29. The molecule has 3 N–H and O–H groups in total. The summed E-state index contributed by atoms with van der Waals surface area (Å²) in [5, 5.41) is 2.65. The maximum atomic E-state index is 11.7. The van der Waals surface area contributed by atoms with E-state index in [1.807, 2.05) is 0 Å². The molecule has 0 spiro atoms. The molecule has 1 aliphatic heterocycles. The number of ether oxygens (including phenoxy) is 1. The molecule has 2 amide bonds. The van der Waals surface area contributed by atoms with Crippen LogP contribution in [-0.2, 0) is 14.3 Å². The van der Waals surface area contributed by atoms with Crippen molar-refractivity contribution in [1.82, 2.24) is 5.32 Å². The summed E-state index contributed by atoms with van der Waals surface area (Å²) in [6.45, 7) is 4.66. The van der Waals surface area contributed by atoms with E-state index in [1.165, 1.54) is 0 Å². The molecule has 1 fully saturated rings. The van der Waals surface area contributed by atoms with Gasteiger partial charge in [0.2, 0.25) is 11.8 Å². The lowest BCUT2D eigenvalue weighted by Crippen LogP contribution is -2.53. The van der Waals surface area contributed by atoms with Crippen LogP contribution in [0.2, 0.25) is 0 Å². The van der Waals surface area contributed by atoms with Gasteiger partial charge >= 0.3 is 0 Å². The summed E-state index contributed by atoms with van der Waals surface area (Å²) >= 11 is 0. The lowest BCUT2D eigenvalue weighted by atomic mass is 9.95. The number of rotatable bonds is 4. The molecule has 0 saturated carbocycles. The molecular formula is C11H20N2O3. The van der Waals surface area contributed by atoms with E-state index in [0.29, 0.717) is 12.3 Å². The van der Waals surface area contributed by atoms with Crippen LogP contribution in [0.15, 0.2) is 0 Å². The lowest BCUT2D eigenvalue weighted by molar-refractivity contribution is -0.131. The Morgan fingerprint density at radius 1 is 1.38 bits per heavy atom. The van der Waals surface area contributed by atoms with Crippen LogP contribution in [-0.4, -0.2) is 30.6 Å². The highest BCUT2D eigenvalue weighted by Crippen LogP contribution is 2.18. The van der Waals surface area contributed by atoms with Crippen molar-refractivity contribution in [3.63, 3.8) is 0 Å². The third-order valence-corrected chi connectivity index (χ3v) is 2.88. The van der Waals surface area contributed by atoms with Gasteiger partial charge < -0.3 is 15.8 Å². The van der Waals surface area contributed by atoms with E-state index in [4.69, 9.17) is 10.5 Å². The maximum Gasteiger partial charge on any atom is 0.242 e. The van der Waals surface area contributed by atoms with Gasteiger partial charge in [-0.1, -0.05) is 0 Å². The van der Waals surface area contributed by atoms with E-state index in [2.05, 4.69) is 5.32 Å². The molecule has 1 saturated heterocycles. The Hall–Kier alpha value is -1.10. The van der Waals surface area contributed by atoms with Gasteiger partial charge in [-0.25, -0.2) is 0 Å². The smallest absolute Gasteiger partial charge is 0.242 e. The summed E-state index contributed by atoms with van der Waals surface area (Å²) in [6.07, 6.45) is 2.26. The Labute approximate surface area is 95.7 Å². The number of amides is 2. The van der Waals surface area contributed by atoms with Crippen molar-refractivity contribution in [2.45, 2.75) is 38.6 Å². The van der Waals surface area contributed by atoms with Gasteiger partial charge in [-0.05, 0) is 32.6 Å². The van der Waals surface area contributed by atoms with Gasteiger partial charge in [-0.2, -0.15) is 0 Å². The summed E-state index contributed by atoms with van der Waals surface area (Å²) in [6, 6.07) is 0. The first kappa shape index (κ1) is 13.0. The third-order valence-electron chi connectivity index (χ3n) is 2.88. The van der Waals surface area contributed by atoms with Crippen molar-refractivity contribution in [2.75, 3.05) is 13.2 Å². The summed E-state index contributed by atoms with van der Waals surface area (Å²) in [5.41, 5.74) is 4.21. The highest BCUT2D eigenvalue weighted by atomic mass is 16.5. The van der Waals surface area contributed by atoms with Gasteiger partial charge in [-0.3, -0.25) is 9.59 Å². The van der Waals surface area contributed by atoms with E-state index in [1.54, 1.807) is 13.8 Å². The number of nitrogens with one attached hydrogen (secondary N) is 1. The first-order valence-corrected chi connectivity index (χ1v) is 5.60. The van der Waals surface area contributed by atoms with Gasteiger partial charge in [0, 0.05) is 19.6 Å². The summed E-state index contributed by atoms with van der Waals surface area (Å²) in [5.74, 6) is -0.277. The zero-order valence-corrected chi connectivity index (χ0v) is 9.91. The van der Waals surface area contributed by atoms with E-state index >= 15 is 0 Å². The Morgan fingerprint density at radius 2 is 1.94 bits per heavy atom. The number of carbonyl (C=O) groups excluding carboxylic acids is 2. The predicted molar refractivity (Wildman–Crippen MR) is 59.6 cm³/mol. The van der Waals surface area contributed by atoms with E-state index in [0.717, 1.165) is 26.1 Å².